The van der Waals surface area contributed by atoms with E-state index in [0.29, 0.717) is 17.0 Å². The lowest BCUT2D eigenvalue weighted by Gasteiger charge is -2.06. The molecule has 0 aromatic heterocycles. The molecule has 0 unspecified atom stereocenters. The first kappa shape index (κ1) is 16.0. The number of benzene rings is 2. The molecule has 0 atom stereocenters. The quantitative estimate of drug-likeness (QED) is 0.534. The molecule has 3 N–H and O–H groups in total. The number of carboxylic acids is 2. The van der Waals surface area contributed by atoms with Gasteiger partial charge in [-0.25, -0.2) is 9.59 Å². The highest BCUT2D eigenvalue weighted by molar-refractivity contribution is 5.88. The summed E-state index contributed by atoms with van der Waals surface area (Å²) in [6, 6.07) is 13.0. The molecule has 0 radical (unpaired) electrons. The van der Waals surface area contributed by atoms with Gasteiger partial charge in [0.15, 0.2) is 6.61 Å². The number of anilines is 1. The van der Waals surface area contributed by atoms with Gasteiger partial charge in [-0.1, -0.05) is 12.1 Å². The zero-order valence-corrected chi connectivity index (χ0v) is 12.0. The summed E-state index contributed by atoms with van der Waals surface area (Å²) in [5, 5.41) is 21.5. The van der Waals surface area contributed by atoms with Gasteiger partial charge in [0.25, 0.3) is 0 Å². The highest BCUT2D eigenvalue weighted by Crippen LogP contribution is 2.16. The highest BCUT2D eigenvalue weighted by Gasteiger charge is 2.04. The summed E-state index contributed by atoms with van der Waals surface area (Å²) in [5.74, 6) is -1.65. The molecule has 118 valence electrons. The fourth-order valence-corrected chi connectivity index (χ4v) is 1.72. The average molecular weight is 314 g/mol. The smallest absolute Gasteiger partial charge is 0.341 e. The van der Waals surface area contributed by atoms with Crippen molar-refractivity contribution in [3.63, 3.8) is 0 Å². The minimum Gasteiger partial charge on any atom is -0.481 e. The Balaban J connectivity index is 2.02. The molecule has 2 aromatic carbocycles. The maximum absolute atomic E-state index is 10.8. The number of nitrogens with one attached hydrogen (secondary N) is 1. The van der Waals surface area contributed by atoms with Crippen LogP contribution in [0.15, 0.2) is 53.6 Å². The highest BCUT2D eigenvalue weighted by atomic mass is 16.5. The molecule has 7 heteroatoms. The zero-order valence-electron chi connectivity index (χ0n) is 12.0. The van der Waals surface area contributed by atoms with Crippen LogP contribution >= 0.6 is 0 Å². The zero-order chi connectivity index (χ0) is 16.7. The second-order valence-corrected chi connectivity index (χ2v) is 4.47. The number of hydrogen-bond donors (Lipinski definition) is 3. The average Bonchev–Trinajstić information content (AvgIpc) is 2.54. The van der Waals surface area contributed by atoms with Crippen molar-refractivity contribution >= 4 is 23.8 Å². The van der Waals surface area contributed by atoms with Gasteiger partial charge in [0.2, 0.25) is 0 Å². The van der Waals surface area contributed by atoms with Crippen LogP contribution in [0.1, 0.15) is 15.9 Å². The molecule has 2 rings (SSSR count). The molecule has 0 fully saturated rings. The van der Waals surface area contributed by atoms with E-state index < -0.39 is 18.5 Å². The Morgan fingerprint density at radius 3 is 2.43 bits per heavy atom. The molecule has 0 heterocycles. The van der Waals surface area contributed by atoms with Crippen molar-refractivity contribution in [2.45, 2.75) is 0 Å². The van der Waals surface area contributed by atoms with E-state index in [9.17, 15) is 9.59 Å². The van der Waals surface area contributed by atoms with Crippen LogP contribution < -0.4 is 10.2 Å². The third-order valence-corrected chi connectivity index (χ3v) is 2.80. The minimum absolute atomic E-state index is 0.187. The second-order valence-electron chi connectivity index (χ2n) is 4.47. The number of carboxylic acid groups (broad SMARTS) is 2. The van der Waals surface area contributed by atoms with Crippen molar-refractivity contribution in [1.29, 1.82) is 0 Å². The van der Waals surface area contributed by atoms with Crippen molar-refractivity contribution < 1.29 is 24.5 Å². The molecule has 0 aliphatic carbocycles. The Morgan fingerprint density at radius 1 is 1.09 bits per heavy atom. The van der Waals surface area contributed by atoms with Crippen LogP contribution in [0.2, 0.25) is 0 Å². The van der Waals surface area contributed by atoms with Crippen molar-refractivity contribution in [2.24, 2.45) is 5.10 Å². The molecule has 0 saturated heterocycles. The van der Waals surface area contributed by atoms with Crippen LogP contribution in [-0.4, -0.2) is 35.0 Å². The van der Waals surface area contributed by atoms with E-state index in [4.69, 9.17) is 14.9 Å². The van der Waals surface area contributed by atoms with Crippen LogP contribution in [0.25, 0.3) is 0 Å². The third kappa shape index (κ3) is 4.85. The molecule has 0 aliphatic heterocycles. The van der Waals surface area contributed by atoms with Gasteiger partial charge in [-0.2, -0.15) is 5.10 Å². The first-order chi connectivity index (χ1) is 11.1. The topological polar surface area (TPSA) is 108 Å². The number of nitrogens with zero attached hydrogens (tertiary/aromatic N) is 1. The number of hydrazone groups is 1. The third-order valence-electron chi connectivity index (χ3n) is 2.80. The lowest BCUT2D eigenvalue weighted by Crippen LogP contribution is -2.10. The number of ether oxygens (including phenoxy) is 1. The van der Waals surface area contributed by atoms with Gasteiger partial charge in [0, 0.05) is 5.56 Å². The van der Waals surface area contributed by atoms with Crippen molar-refractivity contribution in [3.8, 4) is 5.75 Å². The molecular weight excluding hydrogens is 300 g/mol. The van der Waals surface area contributed by atoms with Crippen LogP contribution in [-0.2, 0) is 4.79 Å². The molecule has 0 aliphatic rings. The molecule has 0 spiro atoms. The van der Waals surface area contributed by atoms with E-state index in [2.05, 4.69) is 10.5 Å². The first-order valence-corrected chi connectivity index (χ1v) is 6.62. The Morgan fingerprint density at radius 2 is 1.78 bits per heavy atom. The van der Waals surface area contributed by atoms with Gasteiger partial charge >= 0.3 is 11.9 Å². The Kier molecular flexibility index (Phi) is 5.30. The summed E-state index contributed by atoms with van der Waals surface area (Å²) in [4.78, 5) is 21.3. The summed E-state index contributed by atoms with van der Waals surface area (Å²) in [5.41, 5.74) is 4.18. The van der Waals surface area contributed by atoms with Gasteiger partial charge < -0.3 is 14.9 Å². The van der Waals surface area contributed by atoms with Crippen molar-refractivity contribution in [2.75, 3.05) is 12.0 Å². The molecule has 0 amide bonds. The van der Waals surface area contributed by atoms with E-state index in [1.54, 1.807) is 36.4 Å². The Labute approximate surface area is 131 Å². The normalized spacial score (nSPS) is 10.4. The Hall–Kier alpha value is -3.35. The minimum atomic E-state index is -1.06. The number of para-hydroxylation sites is 1. The molecule has 7 nitrogen and oxygen atoms in total. The molecule has 0 bridgehead atoms. The van der Waals surface area contributed by atoms with Crippen molar-refractivity contribution in [3.05, 3.63) is 59.7 Å². The summed E-state index contributed by atoms with van der Waals surface area (Å²) in [6.45, 7) is -0.436. The predicted molar refractivity (Wildman–Crippen MR) is 84.2 cm³/mol. The predicted octanol–water partition coefficient (Wildman–Crippen LogP) is 2.29. The van der Waals surface area contributed by atoms with Crippen LogP contribution in [0.3, 0.4) is 0 Å². The number of carbonyl (C=O) groups is 2. The number of aliphatic carboxylic acids is 1. The van der Waals surface area contributed by atoms with Gasteiger partial charge in [0.05, 0.1) is 17.5 Å². The van der Waals surface area contributed by atoms with Gasteiger partial charge in [0.1, 0.15) is 5.75 Å². The molecule has 0 saturated carbocycles. The van der Waals surface area contributed by atoms with E-state index >= 15 is 0 Å². The van der Waals surface area contributed by atoms with E-state index in [-0.39, 0.29) is 5.56 Å². The largest absolute Gasteiger partial charge is 0.481 e. The lowest BCUT2D eigenvalue weighted by molar-refractivity contribution is -0.139. The van der Waals surface area contributed by atoms with Gasteiger partial charge in [-0.15, -0.1) is 0 Å². The summed E-state index contributed by atoms with van der Waals surface area (Å²) in [7, 11) is 0. The maximum Gasteiger partial charge on any atom is 0.341 e. The van der Waals surface area contributed by atoms with E-state index in [1.807, 2.05) is 0 Å². The van der Waals surface area contributed by atoms with E-state index in [0.717, 1.165) is 0 Å². The molecule has 23 heavy (non-hydrogen) atoms. The van der Waals surface area contributed by atoms with Crippen LogP contribution in [0, 0.1) is 0 Å². The number of rotatable bonds is 7. The fourth-order valence-electron chi connectivity index (χ4n) is 1.72. The maximum atomic E-state index is 10.8. The lowest BCUT2D eigenvalue weighted by atomic mass is 10.2. The monoisotopic (exact) mass is 314 g/mol. The Bertz CT molecular complexity index is 726. The molecule has 2 aromatic rings. The van der Waals surface area contributed by atoms with Crippen LogP contribution in [0.4, 0.5) is 5.69 Å². The van der Waals surface area contributed by atoms with E-state index in [1.165, 1.54) is 18.3 Å². The summed E-state index contributed by atoms with van der Waals surface area (Å²) < 4.78 is 5.16. The first-order valence-electron chi connectivity index (χ1n) is 6.62. The van der Waals surface area contributed by atoms with Crippen LogP contribution in [0.5, 0.6) is 5.75 Å². The molecular formula is C16H14N2O5. The van der Waals surface area contributed by atoms with Gasteiger partial charge in [-0.05, 0) is 36.4 Å². The summed E-state index contributed by atoms with van der Waals surface area (Å²) in [6.07, 6.45) is 1.49. The van der Waals surface area contributed by atoms with Gasteiger partial charge in [-0.3, -0.25) is 5.43 Å². The summed E-state index contributed by atoms with van der Waals surface area (Å²) >= 11 is 0. The SMILES string of the molecule is O=C(O)COc1ccccc1C=NNc1ccc(C(=O)O)cc1. The second kappa shape index (κ2) is 7.60. The standard InChI is InChI=1S/C16H14N2O5/c19-15(20)10-23-14-4-2-1-3-12(14)9-17-18-13-7-5-11(6-8-13)16(21)22/h1-9,18H,10H2,(H,19,20)(H,21,22). The van der Waals surface area contributed by atoms with Crippen molar-refractivity contribution in [1.82, 2.24) is 0 Å². The fraction of sp³-hybridized carbons (Fsp3) is 0.0625. The number of hydrogen-bond acceptors (Lipinski definition) is 5. The number of aromatic carboxylic acids is 1.